The van der Waals surface area contributed by atoms with Gasteiger partial charge >= 0.3 is 6.18 Å². The maximum absolute atomic E-state index is 13.4. The fourth-order valence-corrected chi connectivity index (χ4v) is 3.58. The Balaban J connectivity index is 1.47. The van der Waals surface area contributed by atoms with E-state index in [1.807, 2.05) is 24.3 Å². The number of hydrogen-bond donors (Lipinski definition) is 1. The zero-order valence-electron chi connectivity index (χ0n) is 15.3. The van der Waals surface area contributed by atoms with Crippen molar-refractivity contribution in [2.24, 2.45) is 0 Å². The van der Waals surface area contributed by atoms with Crippen LogP contribution in [0.3, 0.4) is 0 Å². The first kappa shape index (κ1) is 19.2. The number of anilines is 1. The minimum Gasteiger partial charge on any atom is -0.368 e. The summed E-state index contributed by atoms with van der Waals surface area (Å²) in [4.78, 5) is 21.6. The van der Waals surface area contributed by atoms with Crippen LogP contribution in [0.5, 0.6) is 0 Å². The number of halogens is 3. The molecule has 7 nitrogen and oxygen atoms in total. The van der Waals surface area contributed by atoms with Gasteiger partial charge < -0.3 is 9.88 Å². The molecule has 2 aromatic carbocycles. The molecule has 0 saturated carbocycles. The Kier molecular flexibility index (Phi) is 4.87. The monoisotopic (exact) mass is 405 g/mol. The number of fused-ring (bicyclic) bond motifs is 1. The van der Waals surface area contributed by atoms with Crippen LogP contribution < -0.4 is 4.90 Å². The number of piperazine rings is 1. The van der Waals surface area contributed by atoms with Crippen LogP contribution in [0.1, 0.15) is 11.4 Å². The van der Waals surface area contributed by atoms with Crippen LogP contribution >= 0.6 is 0 Å². The van der Waals surface area contributed by atoms with Crippen molar-refractivity contribution in [3.05, 3.63) is 64.0 Å². The molecule has 1 N–H and O–H groups in total. The van der Waals surface area contributed by atoms with Crippen molar-refractivity contribution in [3.63, 3.8) is 0 Å². The van der Waals surface area contributed by atoms with Crippen molar-refractivity contribution < 1.29 is 18.1 Å². The van der Waals surface area contributed by atoms with Crippen molar-refractivity contribution in [1.82, 2.24) is 14.9 Å². The Morgan fingerprint density at radius 1 is 1.10 bits per heavy atom. The highest BCUT2D eigenvalue weighted by molar-refractivity contribution is 5.74. The smallest absolute Gasteiger partial charge is 0.368 e. The lowest BCUT2D eigenvalue weighted by atomic mass is 10.1. The Hall–Kier alpha value is -3.14. The van der Waals surface area contributed by atoms with Crippen LogP contribution in [0.2, 0.25) is 0 Å². The predicted molar refractivity (Wildman–Crippen MR) is 102 cm³/mol. The third-order valence-corrected chi connectivity index (χ3v) is 5.02. The van der Waals surface area contributed by atoms with Crippen LogP contribution in [0, 0.1) is 10.1 Å². The van der Waals surface area contributed by atoms with Crippen LogP contribution in [0.15, 0.2) is 42.5 Å². The summed E-state index contributed by atoms with van der Waals surface area (Å²) in [5.41, 5.74) is 0.261. The highest BCUT2D eigenvalue weighted by atomic mass is 19.4. The summed E-state index contributed by atoms with van der Waals surface area (Å²) in [7, 11) is 0. The van der Waals surface area contributed by atoms with Gasteiger partial charge in [-0.2, -0.15) is 13.2 Å². The van der Waals surface area contributed by atoms with Crippen LogP contribution in [0.25, 0.3) is 11.0 Å². The fraction of sp³-hybridized carbons (Fsp3) is 0.316. The average molecular weight is 405 g/mol. The normalized spacial score (nSPS) is 15.8. The van der Waals surface area contributed by atoms with Gasteiger partial charge in [0.2, 0.25) is 0 Å². The highest BCUT2D eigenvalue weighted by Gasteiger charge is 2.37. The van der Waals surface area contributed by atoms with E-state index < -0.39 is 22.4 Å². The summed E-state index contributed by atoms with van der Waals surface area (Å²) >= 11 is 0. The number of nitrogens with zero attached hydrogens (tertiary/aromatic N) is 4. The molecule has 1 saturated heterocycles. The number of rotatable bonds is 4. The minimum absolute atomic E-state index is 0.0218. The van der Waals surface area contributed by atoms with E-state index in [0.717, 1.165) is 22.9 Å². The molecular weight excluding hydrogens is 387 g/mol. The third-order valence-electron chi connectivity index (χ3n) is 5.02. The first-order valence-corrected chi connectivity index (χ1v) is 9.08. The van der Waals surface area contributed by atoms with E-state index >= 15 is 0 Å². The van der Waals surface area contributed by atoms with Gasteiger partial charge in [0.05, 0.1) is 28.1 Å². The number of alkyl halides is 3. The number of benzene rings is 2. The number of nitrogens with one attached hydrogen (secondary N) is 1. The van der Waals surface area contributed by atoms with Crippen molar-refractivity contribution in [1.29, 1.82) is 0 Å². The summed E-state index contributed by atoms with van der Waals surface area (Å²) < 4.78 is 40.3. The summed E-state index contributed by atoms with van der Waals surface area (Å²) in [6, 6.07) is 10.6. The molecule has 1 fully saturated rings. The number of nitro groups is 1. The number of aromatic nitrogens is 2. The molecule has 0 unspecified atom stereocenters. The lowest BCUT2D eigenvalue weighted by Gasteiger charge is -2.36. The lowest BCUT2D eigenvalue weighted by molar-refractivity contribution is -0.385. The molecule has 0 aliphatic carbocycles. The van der Waals surface area contributed by atoms with Gasteiger partial charge in [-0.1, -0.05) is 12.1 Å². The quantitative estimate of drug-likeness (QED) is 0.528. The molecule has 10 heteroatoms. The van der Waals surface area contributed by atoms with Crippen molar-refractivity contribution >= 4 is 22.4 Å². The lowest BCUT2D eigenvalue weighted by Crippen LogP contribution is -2.46. The summed E-state index contributed by atoms with van der Waals surface area (Å²) in [6.07, 6.45) is -4.66. The van der Waals surface area contributed by atoms with Crippen molar-refractivity contribution in [2.75, 3.05) is 31.1 Å². The van der Waals surface area contributed by atoms with E-state index in [1.54, 1.807) is 4.90 Å². The van der Waals surface area contributed by atoms with Crippen molar-refractivity contribution in [2.45, 2.75) is 12.7 Å². The molecule has 0 spiro atoms. The van der Waals surface area contributed by atoms with E-state index in [4.69, 9.17) is 0 Å². The SMILES string of the molecule is O=[N+]([O-])c1ccc(N2CCN(Cc3nc4ccccc4[nH]3)CC2)c(C(F)(F)F)c1. The molecule has 0 atom stereocenters. The second-order valence-electron chi connectivity index (χ2n) is 6.92. The molecule has 1 aliphatic rings. The number of hydrogen-bond acceptors (Lipinski definition) is 5. The minimum atomic E-state index is -4.66. The Bertz CT molecular complexity index is 1010. The molecule has 152 valence electrons. The maximum atomic E-state index is 13.4. The van der Waals surface area contributed by atoms with E-state index in [9.17, 15) is 23.3 Å². The third kappa shape index (κ3) is 4.02. The molecule has 4 rings (SSSR count). The van der Waals surface area contributed by atoms with Gasteiger partial charge in [-0.3, -0.25) is 15.0 Å². The molecular formula is C19H18F3N5O2. The maximum Gasteiger partial charge on any atom is 0.418 e. The van der Waals surface area contributed by atoms with Crippen LogP contribution in [-0.2, 0) is 12.7 Å². The molecule has 0 amide bonds. The average Bonchev–Trinajstić information content (AvgIpc) is 3.09. The van der Waals surface area contributed by atoms with Crippen LogP contribution in [0.4, 0.5) is 24.5 Å². The molecule has 0 bridgehead atoms. The zero-order valence-corrected chi connectivity index (χ0v) is 15.3. The Morgan fingerprint density at radius 2 is 1.83 bits per heavy atom. The van der Waals surface area contributed by atoms with Gasteiger partial charge in [0.15, 0.2) is 0 Å². The number of aromatic amines is 1. The predicted octanol–water partition coefficient (Wildman–Crippen LogP) is 3.81. The topological polar surface area (TPSA) is 78.3 Å². The van der Waals surface area contributed by atoms with Crippen LogP contribution in [-0.4, -0.2) is 46.0 Å². The summed E-state index contributed by atoms with van der Waals surface area (Å²) in [5.74, 6) is 0.811. The van der Waals surface area contributed by atoms with Crippen molar-refractivity contribution in [3.8, 4) is 0 Å². The largest absolute Gasteiger partial charge is 0.418 e. The van der Waals surface area contributed by atoms with Gasteiger partial charge in [0, 0.05) is 44.0 Å². The molecule has 0 radical (unpaired) electrons. The number of imidazole rings is 1. The van der Waals surface area contributed by atoms with E-state index in [2.05, 4.69) is 14.9 Å². The van der Waals surface area contributed by atoms with Gasteiger partial charge in [0.1, 0.15) is 5.82 Å². The van der Waals surface area contributed by atoms with Gasteiger partial charge in [0.25, 0.3) is 5.69 Å². The Labute approximate surface area is 163 Å². The van der Waals surface area contributed by atoms with E-state index in [1.165, 1.54) is 6.07 Å². The molecule has 2 heterocycles. The fourth-order valence-electron chi connectivity index (χ4n) is 3.58. The summed E-state index contributed by atoms with van der Waals surface area (Å²) in [6.45, 7) is 2.48. The second kappa shape index (κ2) is 7.36. The first-order chi connectivity index (χ1) is 13.8. The molecule has 1 aromatic heterocycles. The standard InChI is InChI=1S/C19H18F3N5O2/c20-19(21,22)14-11-13(27(28)29)5-6-17(14)26-9-7-25(8-10-26)12-18-23-15-3-1-2-4-16(15)24-18/h1-6,11H,7-10,12H2,(H,23,24). The summed E-state index contributed by atoms with van der Waals surface area (Å²) in [5, 5.41) is 10.9. The number of nitro benzene ring substituents is 1. The van der Waals surface area contributed by atoms with Gasteiger partial charge in [-0.05, 0) is 18.2 Å². The highest BCUT2D eigenvalue weighted by Crippen LogP contribution is 2.39. The number of H-pyrrole nitrogens is 1. The van der Waals surface area contributed by atoms with E-state index in [-0.39, 0.29) is 5.69 Å². The molecule has 3 aromatic rings. The Morgan fingerprint density at radius 3 is 2.48 bits per heavy atom. The zero-order chi connectivity index (χ0) is 20.6. The first-order valence-electron chi connectivity index (χ1n) is 9.08. The van der Waals surface area contributed by atoms with Gasteiger partial charge in [-0.15, -0.1) is 0 Å². The van der Waals surface area contributed by atoms with Gasteiger partial charge in [-0.25, -0.2) is 4.98 Å². The second-order valence-corrected chi connectivity index (χ2v) is 6.92. The molecule has 1 aliphatic heterocycles. The molecule has 29 heavy (non-hydrogen) atoms. The van der Waals surface area contributed by atoms with E-state index in [0.29, 0.717) is 38.8 Å². The number of para-hydroxylation sites is 2. The number of non-ortho nitro benzene ring substituents is 1.